The molecule has 0 bridgehead atoms. The first-order chi connectivity index (χ1) is 9.31. The fourth-order valence-electron chi connectivity index (χ4n) is 2.23. The van der Waals surface area contributed by atoms with Crippen molar-refractivity contribution in [1.29, 1.82) is 0 Å². The van der Waals surface area contributed by atoms with E-state index < -0.39 is 0 Å². The van der Waals surface area contributed by atoms with Crippen molar-refractivity contribution in [3.8, 4) is 0 Å². The summed E-state index contributed by atoms with van der Waals surface area (Å²) >= 11 is 1.79. The summed E-state index contributed by atoms with van der Waals surface area (Å²) < 4.78 is 1.92. The summed E-state index contributed by atoms with van der Waals surface area (Å²) in [6, 6.07) is 2.19. The number of nitrogens with zero attached hydrogens (tertiary/aromatic N) is 2. The van der Waals surface area contributed by atoms with Crippen LogP contribution in [0.25, 0.3) is 0 Å². The molecule has 0 spiro atoms. The number of halogens is 1. The standard InChI is InChI=1S/C13H22N4OS.ClH/c1-19-9-3-7-15-13(18)12-5-8-17(16-12)11-4-2-6-14-10-11;/h5,8,11,14H,2-4,6-7,9-10H2,1H3,(H,15,18);1H. The third-order valence-electron chi connectivity index (χ3n) is 3.30. The highest BCUT2D eigenvalue weighted by Gasteiger charge is 2.17. The Bertz CT molecular complexity index is 407. The quantitative estimate of drug-likeness (QED) is 0.784. The highest BCUT2D eigenvalue weighted by atomic mass is 35.5. The topological polar surface area (TPSA) is 59.0 Å². The van der Waals surface area contributed by atoms with Crippen LogP contribution in [-0.4, -0.2) is 47.3 Å². The molecule has 1 fully saturated rings. The number of nitrogens with one attached hydrogen (secondary N) is 2. The molecule has 1 atom stereocenters. The fourth-order valence-corrected chi connectivity index (χ4v) is 2.66. The molecule has 2 heterocycles. The molecular formula is C13H23ClN4OS. The summed E-state index contributed by atoms with van der Waals surface area (Å²) in [5.41, 5.74) is 0.523. The van der Waals surface area contributed by atoms with Gasteiger partial charge in [0.05, 0.1) is 6.04 Å². The number of carbonyl (C=O) groups is 1. The van der Waals surface area contributed by atoms with Gasteiger partial charge in [0.15, 0.2) is 0 Å². The molecule has 1 aliphatic heterocycles. The summed E-state index contributed by atoms with van der Waals surface area (Å²) in [5, 5.41) is 10.7. The molecule has 7 heteroatoms. The van der Waals surface area contributed by atoms with E-state index in [4.69, 9.17) is 0 Å². The Labute approximate surface area is 130 Å². The lowest BCUT2D eigenvalue weighted by atomic mass is 10.1. The molecule has 5 nitrogen and oxygen atoms in total. The minimum atomic E-state index is -0.0661. The average Bonchev–Trinajstić information content (AvgIpc) is 2.94. The molecule has 2 N–H and O–H groups in total. The zero-order valence-corrected chi connectivity index (χ0v) is 13.4. The van der Waals surface area contributed by atoms with E-state index in [0.717, 1.165) is 38.2 Å². The first-order valence-corrected chi connectivity index (χ1v) is 8.23. The Kier molecular flexibility index (Phi) is 8.02. The first kappa shape index (κ1) is 17.3. The third-order valence-corrected chi connectivity index (χ3v) is 3.99. The number of hydrogen-bond acceptors (Lipinski definition) is 4. The summed E-state index contributed by atoms with van der Waals surface area (Å²) in [6.07, 6.45) is 7.28. The Morgan fingerprint density at radius 3 is 3.20 bits per heavy atom. The largest absolute Gasteiger partial charge is 0.351 e. The number of thioether (sulfide) groups is 1. The van der Waals surface area contributed by atoms with Crippen molar-refractivity contribution >= 4 is 30.1 Å². The molecule has 2 rings (SSSR count). The smallest absolute Gasteiger partial charge is 0.271 e. The minimum Gasteiger partial charge on any atom is -0.351 e. The number of piperidine rings is 1. The van der Waals surface area contributed by atoms with Crippen molar-refractivity contribution in [2.75, 3.05) is 31.6 Å². The average molecular weight is 319 g/mol. The van der Waals surface area contributed by atoms with E-state index >= 15 is 0 Å². The molecular weight excluding hydrogens is 296 g/mol. The SMILES string of the molecule is CSCCCNC(=O)c1ccn(C2CCCNC2)n1.Cl. The third kappa shape index (κ3) is 5.00. The lowest BCUT2D eigenvalue weighted by Gasteiger charge is -2.22. The number of aromatic nitrogens is 2. The number of rotatable bonds is 6. The lowest BCUT2D eigenvalue weighted by Crippen LogP contribution is -2.32. The molecule has 0 saturated carbocycles. The summed E-state index contributed by atoms with van der Waals surface area (Å²) in [4.78, 5) is 11.9. The first-order valence-electron chi connectivity index (χ1n) is 6.84. The van der Waals surface area contributed by atoms with Gasteiger partial charge in [-0.1, -0.05) is 0 Å². The maximum Gasteiger partial charge on any atom is 0.271 e. The summed E-state index contributed by atoms with van der Waals surface area (Å²) in [6.45, 7) is 2.74. The minimum absolute atomic E-state index is 0. The lowest BCUT2D eigenvalue weighted by molar-refractivity contribution is 0.0947. The van der Waals surface area contributed by atoms with Gasteiger partial charge in [0.25, 0.3) is 5.91 Å². The van der Waals surface area contributed by atoms with Gasteiger partial charge in [0.1, 0.15) is 5.69 Å². The molecule has 1 amide bonds. The molecule has 0 radical (unpaired) electrons. The molecule has 0 aliphatic carbocycles. The molecule has 1 aliphatic rings. The zero-order chi connectivity index (χ0) is 13.5. The highest BCUT2D eigenvalue weighted by molar-refractivity contribution is 7.98. The molecule has 20 heavy (non-hydrogen) atoms. The van der Waals surface area contributed by atoms with Crippen LogP contribution in [-0.2, 0) is 0 Å². The van der Waals surface area contributed by atoms with E-state index in [1.807, 2.05) is 10.9 Å². The van der Waals surface area contributed by atoms with Crippen LogP contribution in [0.2, 0.25) is 0 Å². The molecule has 114 valence electrons. The predicted octanol–water partition coefficient (Wildman–Crippen LogP) is 1.71. The maximum atomic E-state index is 11.9. The van der Waals surface area contributed by atoms with Gasteiger partial charge >= 0.3 is 0 Å². The van der Waals surface area contributed by atoms with Crippen LogP contribution >= 0.6 is 24.2 Å². The maximum absolute atomic E-state index is 11.9. The van der Waals surface area contributed by atoms with Crippen LogP contribution in [0.3, 0.4) is 0 Å². The van der Waals surface area contributed by atoms with Crippen LogP contribution in [0.4, 0.5) is 0 Å². The van der Waals surface area contributed by atoms with Gasteiger partial charge in [-0.15, -0.1) is 12.4 Å². The van der Waals surface area contributed by atoms with Crippen molar-refractivity contribution in [3.63, 3.8) is 0 Å². The van der Waals surface area contributed by atoms with E-state index in [-0.39, 0.29) is 18.3 Å². The molecule has 0 aromatic carbocycles. The summed E-state index contributed by atoms with van der Waals surface area (Å²) in [5.74, 6) is 1.01. The predicted molar refractivity (Wildman–Crippen MR) is 85.9 cm³/mol. The van der Waals surface area contributed by atoms with Crippen LogP contribution in [0, 0.1) is 0 Å². The van der Waals surface area contributed by atoms with Crippen molar-refractivity contribution < 1.29 is 4.79 Å². The van der Waals surface area contributed by atoms with Crippen LogP contribution in [0.15, 0.2) is 12.3 Å². The van der Waals surface area contributed by atoms with Crippen LogP contribution in [0.1, 0.15) is 35.8 Å². The molecule has 1 aromatic heterocycles. The number of carbonyl (C=O) groups excluding carboxylic acids is 1. The van der Waals surface area contributed by atoms with E-state index in [1.54, 1.807) is 17.8 Å². The second kappa shape index (κ2) is 9.26. The number of amides is 1. The zero-order valence-electron chi connectivity index (χ0n) is 11.8. The van der Waals surface area contributed by atoms with Gasteiger partial charge in [-0.25, -0.2) is 0 Å². The van der Waals surface area contributed by atoms with Gasteiger partial charge in [0, 0.05) is 19.3 Å². The van der Waals surface area contributed by atoms with E-state index in [1.165, 1.54) is 6.42 Å². The monoisotopic (exact) mass is 318 g/mol. The van der Waals surface area contributed by atoms with Crippen molar-refractivity contribution in [3.05, 3.63) is 18.0 Å². The Morgan fingerprint density at radius 1 is 1.65 bits per heavy atom. The van der Waals surface area contributed by atoms with Crippen LogP contribution in [0.5, 0.6) is 0 Å². The Morgan fingerprint density at radius 2 is 2.50 bits per heavy atom. The highest BCUT2D eigenvalue weighted by Crippen LogP contribution is 2.15. The van der Waals surface area contributed by atoms with Gasteiger partial charge in [-0.3, -0.25) is 9.48 Å². The summed E-state index contributed by atoms with van der Waals surface area (Å²) in [7, 11) is 0. The second-order valence-electron chi connectivity index (χ2n) is 4.78. The molecule has 1 unspecified atom stereocenters. The van der Waals surface area contributed by atoms with Crippen LogP contribution < -0.4 is 10.6 Å². The Hall–Kier alpha value is -0.720. The molecule has 1 aromatic rings. The normalized spacial score (nSPS) is 18.4. The van der Waals surface area contributed by atoms with E-state index in [0.29, 0.717) is 11.7 Å². The van der Waals surface area contributed by atoms with Crippen molar-refractivity contribution in [1.82, 2.24) is 20.4 Å². The van der Waals surface area contributed by atoms with Gasteiger partial charge in [-0.05, 0) is 43.9 Å². The Balaban J connectivity index is 0.00000200. The van der Waals surface area contributed by atoms with Gasteiger partial charge in [0.2, 0.25) is 0 Å². The van der Waals surface area contributed by atoms with Gasteiger partial charge < -0.3 is 10.6 Å². The second-order valence-corrected chi connectivity index (χ2v) is 5.77. The molecule has 1 saturated heterocycles. The van der Waals surface area contributed by atoms with E-state index in [2.05, 4.69) is 22.0 Å². The van der Waals surface area contributed by atoms with Crippen molar-refractivity contribution in [2.24, 2.45) is 0 Å². The van der Waals surface area contributed by atoms with Crippen molar-refractivity contribution in [2.45, 2.75) is 25.3 Å². The van der Waals surface area contributed by atoms with Gasteiger partial charge in [-0.2, -0.15) is 16.9 Å². The fraction of sp³-hybridized carbons (Fsp3) is 0.692. The number of hydrogen-bond donors (Lipinski definition) is 2. The van der Waals surface area contributed by atoms with E-state index in [9.17, 15) is 4.79 Å².